The molecule has 0 aromatic heterocycles. The Labute approximate surface area is 167 Å². The standard InChI is InChI=1S/C16H29N5O8/c1-8(22)13(18)16(29)20-9(4-2-3-5-17)15(28)21-10(6-11(23)24)14(27)19-7-12(25)26/h8-10,13,22H,2-7,17-18H2,1H3,(H,19,27)(H,20,29)(H,21,28)(H,23,24)(H,25,26). The lowest BCUT2D eigenvalue weighted by atomic mass is 10.1. The van der Waals surface area contributed by atoms with Crippen LogP contribution in [0.1, 0.15) is 32.6 Å². The van der Waals surface area contributed by atoms with Crippen LogP contribution in [0.3, 0.4) is 0 Å². The van der Waals surface area contributed by atoms with Gasteiger partial charge in [0.2, 0.25) is 17.7 Å². The van der Waals surface area contributed by atoms with Gasteiger partial charge in [-0.05, 0) is 32.7 Å². The number of carbonyl (C=O) groups is 5. The molecule has 0 aliphatic carbocycles. The molecule has 4 atom stereocenters. The van der Waals surface area contributed by atoms with E-state index in [1.54, 1.807) is 0 Å². The molecule has 166 valence electrons. The number of aliphatic carboxylic acids is 2. The molecule has 0 bridgehead atoms. The van der Waals surface area contributed by atoms with Crippen molar-refractivity contribution in [3.8, 4) is 0 Å². The molecule has 4 unspecified atom stereocenters. The Morgan fingerprint density at radius 2 is 1.48 bits per heavy atom. The van der Waals surface area contributed by atoms with Gasteiger partial charge in [0.15, 0.2) is 0 Å². The van der Waals surface area contributed by atoms with Crippen molar-refractivity contribution in [1.82, 2.24) is 16.0 Å². The first-order valence-electron chi connectivity index (χ1n) is 8.95. The minimum atomic E-state index is -1.56. The van der Waals surface area contributed by atoms with E-state index < -0.39 is 66.9 Å². The Kier molecular flexibility index (Phi) is 12.1. The molecular weight excluding hydrogens is 390 g/mol. The highest BCUT2D eigenvalue weighted by Gasteiger charge is 2.30. The smallest absolute Gasteiger partial charge is 0.322 e. The number of carbonyl (C=O) groups excluding carboxylic acids is 3. The van der Waals surface area contributed by atoms with Crippen LogP contribution < -0.4 is 27.4 Å². The summed E-state index contributed by atoms with van der Waals surface area (Å²) in [4.78, 5) is 58.2. The molecule has 3 amide bonds. The number of aliphatic hydroxyl groups is 1. The highest BCUT2D eigenvalue weighted by atomic mass is 16.4. The van der Waals surface area contributed by atoms with Crippen molar-refractivity contribution in [2.24, 2.45) is 11.5 Å². The van der Waals surface area contributed by atoms with Gasteiger partial charge >= 0.3 is 11.9 Å². The first kappa shape index (κ1) is 26.2. The van der Waals surface area contributed by atoms with Crippen molar-refractivity contribution >= 4 is 29.7 Å². The van der Waals surface area contributed by atoms with Gasteiger partial charge in [-0.25, -0.2) is 0 Å². The number of nitrogens with two attached hydrogens (primary N) is 2. The van der Waals surface area contributed by atoms with Crippen molar-refractivity contribution in [2.45, 2.75) is 56.8 Å². The molecule has 0 fully saturated rings. The predicted octanol–water partition coefficient (Wildman–Crippen LogP) is -3.53. The number of aliphatic hydroxyl groups excluding tert-OH is 1. The highest BCUT2D eigenvalue weighted by molar-refractivity contribution is 5.95. The van der Waals surface area contributed by atoms with E-state index in [1.807, 2.05) is 5.32 Å². The lowest BCUT2D eigenvalue weighted by molar-refractivity contribution is -0.141. The molecule has 0 spiro atoms. The number of rotatable bonds is 14. The number of unbranched alkanes of at least 4 members (excludes halogenated alkanes) is 1. The molecule has 29 heavy (non-hydrogen) atoms. The summed E-state index contributed by atoms with van der Waals surface area (Å²) in [5.41, 5.74) is 10.9. The summed E-state index contributed by atoms with van der Waals surface area (Å²) in [6.45, 7) is 0.878. The molecular formula is C16H29N5O8. The number of carboxylic acid groups (broad SMARTS) is 2. The van der Waals surface area contributed by atoms with E-state index >= 15 is 0 Å². The minimum absolute atomic E-state index is 0.123. The molecule has 0 saturated carbocycles. The van der Waals surface area contributed by atoms with E-state index in [2.05, 4.69) is 10.6 Å². The molecule has 0 aromatic carbocycles. The van der Waals surface area contributed by atoms with Crippen LogP contribution in [0.15, 0.2) is 0 Å². The zero-order valence-electron chi connectivity index (χ0n) is 16.1. The molecule has 0 rings (SSSR count). The third-order valence-corrected chi connectivity index (χ3v) is 3.83. The molecule has 10 N–H and O–H groups in total. The van der Waals surface area contributed by atoms with E-state index in [4.69, 9.17) is 21.7 Å². The number of hydrogen-bond donors (Lipinski definition) is 8. The van der Waals surface area contributed by atoms with Crippen LogP contribution in [0.2, 0.25) is 0 Å². The van der Waals surface area contributed by atoms with E-state index in [0.717, 1.165) is 0 Å². The predicted molar refractivity (Wildman–Crippen MR) is 99.3 cm³/mol. The Morgan fingerprint density at radius 3 is 1.97 bits per heavy atom. The largest absolute Gasteiger partial charge is 0.481 e. The maximum Gasteiger partial charge on any atom is 0.322 e. The van der Waals surface area contributed by atoms with Gasteiger partial charge in [-0.2, -0.15) is 0 Å². The Balaban J connectivity index is 5.26. The second kappa shape index (κ2) is 13.4. The van der Waals surface area contributed by atoms with Gasteiger partial charge in [0.1, 0.15) is 24.7 Å². The summed E-state index contributed by atoms with van der Waals surface area (Å²) in [6, 6.07) is -4.02. The number of amides is 3. The van der Waals surface area contributed by atoms with Gasteiger partial charge in [-0.3, -0.25) is 24.0 Å². The zero-order chi connectivity index (χ0) is 22.6. The molecule has 0 heterocycles. The fourth-order valence-electron chi connectivity index (χ4n) is 2.19. The number of hydrogen-bond acceptors (Lipinski definition) is 8. The zero-order valence-corrected chi connectivity index (χ0v) is 16.1. The fourth-order valence-corrected chi connectivity index (χ4v) is 2.19. The van der Waals surface area contributed by atoms with Gasteiger partial charge in [-0.15, -0.1) is 0 Å². The minimum Gasteiger partial charge on any atom is -0.481 e. The van der Waals surface area contributed by atoms with Crippen molar-refractivity contribution in [3.63, 3.8) is 0 Å². The molecule has 0 aliphatic heterocycles. The first-order valence-corrected chi connectivity index (χ1v) is 8.95. The number of nitrogens with one attached hydrogen (secondary N) is 3. The maximum atomic E-state index is 12.6. The molecule has 13 heteroatoms. The second-order valence-corrected chi connectivity index (χ2v) is 6.38. The molecule has 13 nitrogen and oxygen atoms in total. The average molecular weight is 419 g/mol. The van der Waals surface area contributed by atoms with Crippen molar-refractivity contribution in [1.29, 1.82) is 0 Å². The SMILES string of the molecule is CC(O)C(N)C(=O)NC(CCCCN)C(=O)NC(CC(=O)O)C(=O)NCC(=O)O. The van der Waals surface area contributed by atoms with E-state index in [9.17, 15) is 29.1 Å². The van der Waals surface area contributed by atoms with Crippen LogP contribution in [-0.4, -0.2) is 82.3 Å². The lowest BCUT2D eigenvalue weighted by Crippen LogP contribution is -2.57. The summed E-state index contributed by atoms with van der Waals surface area (Å²) in [5, 5.41) is 33.5. The Bertz CT molecular complexity index is 598. The van der Waals surface area contributed by atoms with Crippen LogP contribution in [0, 0.1) is 0 Å². The fraction of sp³-hybridized carbons (Fsp3) is 0.688. The van der Waals surface area contributed by atoms with Crippen molar-refractivity contribution in [2.75, 3.05) is 13.1 Å². The molecule has 0 radical (unpaired) electrons. The third-order valence-electron chi connectivity index (χ3n) is 3.83. The average Bonchev–Trinajstić information content (AvgIpc) is 2.63. The number of carboxylic acids is 2. The molecule has 0 saturated heterocycles. The van der Waals surface area contributed by atoms with Gasteiger partial charge in [0.05, 0.1) is 12.5 Å². The van der Waals surface area contributed by atoms with Crippen LogP contribution in [-0.2, 0) is 24.0 Å². The van der Waals surface area contributed by atoms with Gasteiger partial charge in [0.25, 0.3) is 0 Å². The summed E-state index contributed by atoms with van der Waals surface area (Å²) >= 11 is 0. The van der Waals surface area contributed by atoms with Crippen LogP contribution in [0.5, 0.6) is 0 Å². The Morgan fingerprint density at radius 1 is 0.897 bits per heavy atom. The maximum absolute atomic E-state index is 12.6. The highest BCUT2D eigenvalue weighted by Crippen LogP contribution is 2.04. The normalized spacial score (nSPS) is 14.8. The summed E-state index contributed by atoms with van der Waals surface area (Å²) in [7, 11) is 0. The van der Waals surface area contributed by atoms with Crippen LogP contribution in [0.25, 0.3) is 0 Å². The Hall–Kier alpha value is -2.77. The van der Waals surface area contributed by atoms with Gasteiger partial charge in [0, 0.05) is 0 Å². The monoisotopic (exact) mass is 419 g/mol. The summed E-state index contributed by atoms with van der Waals surface area (Å²) < 4.78 is 0. The van der Waals surface area contributed by atoms with Gasteiger partial charge < -0.3 is 42.7 Å². The van der Waals surface area contributed by atoms with E-state index in [0.29, 0.717) is 19.4 Å². The topological polar surface area (TPSA) is 234 Å². The van der Waals surface area contributed by atoms with Crippen LogP contribution >= 0.6 is 0 Å². The second-order valence-electron chi connectivity index (χ2n) is 6.38. The summed E-state index contributed by atoms with van der Waals surface area (Å²) in [5.74, 6) is -5.42. The van der Waals surface area contributed by atoms with Crippen molar-refractivity contribution < 1.29 is 39.3 Å². The van der Waals surface area contributed by atoms with Crippen molar-refractivity contribution in [3.05, 3.63) is 0 Å². The van der Waals surface area contributed by atoms with Crippen LogP contribution in [0.4, 0.5) is 0 Å². The lowest BCUT2D eigenvalue weighted by Gasteiger charge is -2.24. The third kappa shape index (κ3) is 11.0. The van der Waals surface area contributed by atoms with E-state index in [-0.39, 0.29) is 6.42 Å². The first-order chi connectivity index (χ1) is 13.5. The molecule has 0 aliphatic rings. The van der Waals surface area contributed by atoms with Gasteiger partial charge in [-0.1, -0.05) is 0 Å². The quantitative estimate of drug-likeness (QED) is 0.129. The molecule has 0 aromatic rings. The summed E-state index contributed by atoms with van der Waals surface area (Å²) in [6.07, 6.45) is -0.872. The van der Waals surface area contributed by atoms with E-state index in [1.165, 1.54) is 6.92 Å².